The lowest BCUT2D eigenvalue weighted by Crippen LogP contribution is -2.38. The second-order valence-electron chi connectivity index (χ2n) is 4.60. The topological polar surface area (TPSA) is 50.7 Å². The Kier molecular flexibility index (Phi) is 4.84. The molecule has 18 heavy (non-hydrogen) atoms. The SMILES string of the molecule is COc1cc(CO)ccc1OCC1CCCCN1. The molecule has 1 fully saturated rings. The molecule has 1 aromatic carbocycles. The van der Waals surface area contributed by atoms with Gasteiger partial charge in [-0.25, -0.2) is 0 Å². The summed E-state index contributed by atoms with van der Waals surface area (Å²) in [5.41, 5.74) is 0.829. The number of hydrogen-bond acceptors (Lipinski definition) is 4. The molecule has 4 heteroatoms. The van der Waals surface area contributed by atoms with E-state index in [2.05, 4.69) is 5.32 Å². The third-order valence-corrected chi connectivity index (χ3v) is 3.26. The Labute approximate surface area is 108 Å². The zero-order valence-corrected chi connectivity index (χ0v) is 10.8. The van der Waals surface area contributed by atoms with Gasteiger partial charge in [-0.05, 0) is 37.1 Å². The summed E-state index contributed by atoms with van der Waals surface area (Å²) >= 11 is 0. The smallest absolute Gasteiger partial charge is 0.161 e. The van der Waals surface area contributed by atoms with Crippen molar-refractivity contribution in [3.8, 4) is 11.5 Å². The fourth-order valence-electron chi connectivity index (χ4n) is 2.19. The quantitative estimate of drug-likeness (QED) is 0.836. The van der Waals surface area contributed by atoms with Gasteiger partial charge >= 0.3 is 0 Å². The van der Waals surface area contributed by atoms with Crippen LogP contribution in [0.4, 0.5) is 0 Å². The molecule has 2 rings (SSSR count). The van der Waals surface area contributed by atoms with Crippen LogP contribution < -0.4 is 14.8 Å². The summed E-state index contributed by atoms with van der Waals surface area (Å²) in [6.07, 6.45) is 3.68. The molecule has 0 amide bonds. The highest BCUT2D eigenvalue weighted by atomic mass is 16.5. The molecule has 1 aliphatic heterocycles. The fourth-order valence-corrected chi connectivity index (χ4v) is 2.19. The Bertz CT molecular complexity index is 375. The average molecular weight is 251 g/mol. The normalized spacial score (nSPS) is 19.6. The number of hydrogen-bond donors (Lipinski definition) is 2. The van der Waals surface area contributed by atoms with E-state index in [9.17, 15) is 0 Å². The maximum atomic E-state index is 9.08. The van der Waals surface area contributed by atoms with E-state index in [1.807, 2.05) is 18.2 Å². The van der Waals surface area contributed by atoms with Gasteiger partial charge in [-0.15, -0.1) is 0 Å². The molecule has 2 N–H and O–H groups in total. The van der Waals surface area contributed by atoms with E-state index < -0.39 is 0 Å². The molecule has 100 valence electrons. The molecule has 0 aromatic heterocycles. The molecular weight excluding hydrogens is 230 g/mol. The van der Waals surface area contributed by atoms with E-state index in [0.717, 1.165) is 24.3 Å². The molecule has 0 saturated carbocycles. The zero-order chi connectivity index (χ0) is 12.8. The molecule has 1 unspecified atom stereocenters. The Morgan fingerprint density at radius 1 is 1.33 bits per heavy atom. The number of benzene rings is 1. The van der Waals surface area contributed by atoms with E-state index in [1.165, 1.54) is 12.8 Å². The van der Waals surface area contributed by atoms with E-state index in [1.54, 1.807) is 7.11 Å². The maximum absolute atomic E-state index is 9.08. The predicted octanol–water partition coefficient (Wildman–Crippen LogP) is 1.71. The Morgan fingerprint density at radius 2 is 2.22 bits per heavy atom. The van der Waals surface area contributed by atoms with Crippen LogP contribution in [0.15, 0.2) is 18.2 Å². The number of aliphatic hydroxyl groups is 1. The highest BCUT2D eigenvalue weighted by Gasteiger charge is 2.14. The van der Waals surface area contributed by atoms with Crippen LogP contribution in [0.5, 0.6) is 11.5 Å². The highest BCUT2D eigenvalue weighted by Crippen LogP contribution is 2.28. The molecule has 1 aliphatic rings. The molecule has 4 nitrogen and oxygen atoms in total. The fraction of sp³-hybridized carbons (Fsp3) is 0.571. The minimum absolute atomic E-state index is 0.0147. The first-order valence-electron chi connectivity index (χ1n) is 6.47. The largest absolute Gasteiger partial charge is 0.493 e. The molecule has 1 aromatic rings. The van der Waals surface area contributed by atoms with Crippen LogP contribution in [0, 0.1) is 0 Å². The molecule has 1 heterocycles. The molecule has 0 radical (unpaired) electrons. The Morgan fingerprint density at radius 3 is 2.89 bits per heavy atom. The van der Waals surface area contributed by atoms with Crippen LogP contribution in [0.2, 0.25) is 0 Å². The summed E-state index contributed by atoms with van der Waals surface area (Å²) in [5.74, 6) is 1.42. The van der Waals surface area contributed by atoms with Crippen molar-refractivity contribution in [1.29, 1.82) is 0 Å². The van der Waals surface area contributed by atoms with Gasteiger partial charge in [0.2, 0.25) is 0 Å². The van der Waals surface area contributed by atoms with E-state index in [0.29, 0.717) is 18.4 Å². The Hall–Kier alpha value is -1.26. The van der Waals surface area contributed by atoms with Crippen molar-refractivity contribution in [2.75, 3.05) is 20.3 Å². The highest BCUT2D eigenvalue weighted by molar-refractivity contribution is 5.42. The first kappa shape index (κ1) is 13.2. The van der Waals surface area contributed by atoms with Crippen molar-refractivity contribution in [3.05, 3.63) is 23.8 Å². The monoisotopic (exact) mass is 251 g/mol. The predicted molar refractivity (Wildman–Crippen MR) is 70.1 cm³/mol. The summed E-state index contributed by atoms with van der Waals surface area (Å²) in [5, 5.41) is 12.5. The van der Waals surface area contributed by atoms with Gasteiger partial charge in [-0.2, -0.15) is 0 Å². The number of nitrogens with one attached hydrogen (secondary N) is 1. The third-order valence-electron chi connectivity index (χ3n) is 3.26. The number of aliphatic hydroxyl groups excluding tert-OH is 1. The summed E-state index contributed by atoms with van der Waals surface area (Å²) in [7, 11) is 1.61. The lowest BCUT2D eigenvalue weighted by Gasteiger charge is -2.24. The zero-order valence-electron chi connectivity index (χ0n) is 10.8. The number of piperidine rings is 1. The molecule has 0 spiro atoms. The van der Waals surface area contributed by atoms with E-state index >= 15 is 0 Å². The van der Waals surface area contributed by atoms with E-state index in [4.69, 9.17) is 14.6 Å². The number of ether oxygens (including phenoxy) is 2. The van der Waals surface area contributed by atoms with Gasteiger partial charge in [0.25, 0.3) is 0 Å². The van der Waals surface area contributed by atoms with Gasteiger partial charge in [0.05, 0.1) is 13.7 Å². The number of methoxy groups -OCH3 is 1. The number of rotatable bonds is 5. The average Bonchev–Trinajstić information content (AvgIpc) is 2.46. The van der Waals surface area contributed by atoms with Crippen LogP contribution in [0.3, 0.4) is 0 Å². The standard InChI is InChI=1S/C14H21NO3/c1-17-14-8-11(9-16)5-6-13(14)18-10-12-4-2-3-7-15-12/h5-6,8,12,15-16H,2-4,7,9-10H2,1H3. The summed E-state index contributed by atoms with van der Waals surface area (Å²) in [6, 6.07) is 5.95. The van der Waals surface area contributed by atoms with E-state index in [-0.39, 0.29) is 6.61 Å². The molecular formula is C14H21NO3. The van der Waals surface area contributed by atoms with Crippen LogP contribution in [-0.2, 0) is 6.61 Å². The lowest BCUT2D eigenvalue weighted by atomic mass is 10.1. The first-order chi connectivity index (χ1) is 8.83. The van der Waals surface area contributed by atoms with Gasteiger partial charge in [-0.1, -0.05) is 12.5 Å². The van der Waals surface area contributed by atoms with Crippen molar-refractivity contribution in [2.24, 2.45) is 0 Å². The van der Waals surface area contributed by atoms with Crippen LogP contribution in [0.25, 0.3) is 0 Å². The maximum Gasteiger partial charge on any atom is 0.161 e. The van der Waals surface area contributed by atoms with Gasteiger partial charge in [0, 0.05) is 6.04 Å². The first-order valence-corrected chi connectivity index (χ1v) is 6.47. The van der Waals surface area contributed by atoms with Crippen molar-refractivity contribution in [3.63, 3.8) is 0 Å². The van der Waals surface area contributed by atoms with Crippen LogP contribution >= 0.6 is 0 Å². The van der Waals surface area contributed by atoms with Gasteiger partial charge in [0.1, 0.15) is 6.61 Å². The minimum Gasteiger partial charge on any atom is -0.493 e. The molecule has 0 bridgehead atoms. The minimum atomic E-state index is 0.0147. The molecule has 0 aliphatic carbocycles. The molecule has 1 saturated heterocycles. The van der Waals surface area contributed by atoms with Gasteiger partial charge in [0.15, 0.2) is 11.5 Å². The van der Waals surface area contributed by atoms with Crippen molar-refractivity contribution in [1.82, 2.24) is 5.32 Å². The van der Waals surface area contributed by atoms with Gasteiger partial charge < -0.3 is 19.9 Å². The van der Waals surface area contributed by atoms with Gasteiger partial charge in [-0.3, -0.25) is 0 Å². The third kappa shape index (κ3) is 3.37. The second-order valence-corrected chi connectivity index (χ2v) is 4.60. The summed E-state index contributed by atoms with van der Waals surface area (Å²) < 4.78 is 11.1. The van der Waals surface area contributed by atoms with Crippen LogP contribution in [-0.4, -0.2) is 31.4 Å². The van der Waals surface area contributed by atoms with Crippen molar-refractivity contribution < 1.29 is 14.6 Å². The molecule has 1 atom stereocenters. The van der Waals surface area contributed by atoms with Crippen molar-refractivity contribution in [2.45, 2.75) is 31.9 Å². The summed E-state index contributed by atoms with van der Waals surface area (Å²) in [6.45, 7) is 1.75. The van der Waals surface area contributed by atoms with Crippen molar-refractivity contribution >= 4 is 0 Å². The lowest BCUT2D eigenvalue weighted by molar-refractivity contribution is 0.229. The van der Waals surface area contributed by atoms with Crippen LogP contribution in [0.1, 0.15) is 24.8 Å². The Balaban J connectivity index is 1.95. The second kappa shape index (κ2) is 6.61. The summed E-state index contributed by atoms with van der Waals surface area (Å²) in [4.78, 5) is 0.